The number of hydrogen-bond acceptors (Lipinski definition) is 3. The van der Waals surface area contributed by atoms with E-state index >= 15 is 0 Å². The molecule has 2 N–H and O–H groups in total. The van der Waals surface area contributed by atoms with Gasteiger partial charge in [0.1, 0.15) is 12.1 Å². The summed E-state index contributed by atoms with van der Waals surface area (Å²) in [5.74, 6) is 0.0239. The van der Waals surface area contributed by atoms with E-state index in [-0.39, 0.29) is 23.9 Å². The first-order valence-corrected chi connectivity index (χ1v) is 8.85. The second kappa shape index (κ2) is 6.22. The Morgan fingerprint density at radius 3 is 2.68 bits per heavy atom. The number of urea groups is 1. The fraction of sp³-hybridized carbons (Fsp3) is 0.471. The molecule has 0 saturated carbocycles. The fourth-order valence-corrected chi connectivity index (χ4v) is 4.18. The van der Waals surface area contributed by atoms with E-state index in [0.29, 0.717) is 30.2 Å². The van der Waals surface area contributed by atoms with Crippen molar-refractivity contribution in [3.8, 4) is 0 Å². The van der Waals surface area contributed by atoms with Gasteiger partial charge in [-0.25, -0.2) is 4.79 Å². The third-order valence-corrected chi connectivity index (χ3v) is 5.48. The maximum atomic E-state index is 12.6. The van der Waals surface area contributed by atoms with Crippen LogP contribution < -0.4 is 10.6 Å². The Bertz CT molecular complexity index is 710. The van der Waals surface area contributed by atoms with E-state index in [4.69, 9.17) is 11.6 Å². The van der Waals surface area contributed by atoms with E-state index in [0.717, 1.165) is 12.8 Å². The lowest BCUT2D eigenvalue weighted by atomic mass is 10.1. The number of carbonyl (C=O) groups excluding carboxylic acids is 3. The van der Waals surface area contributed by atoms with E-state index in [1.807, 2.05) is 0 Å². The molecule has 3 aliphatic rings. The average Bonchev–Trinajstić information content (AvgIpc) is 3.22. The summed E-state index contributed by atoms with van der Waals surface area (Å²) < 4.78 is 0. The molecular formula is C17H19ClN4O3. The molecule has 8 heteroatoms. The van der Waals surface area contributed by atoms with Crippen LogP contribution in [-0.2, 0) is 9.59 Å². The summed E-state index contributed by atoms with van der Waals surface area (Å²) in [6, 6.07) is 5.57. The molecular weight excluding hydrogens is 344 g/mol. The zero-order valence-corrected chi connectivity index (χ0v) is 14.3. The predicted octanol–water partition coefficient (Wildman–Crippen LogP) is 1.44. The molecule has 0 spiro atoms. The molecule has 1 aromatic rings. The zero-order valence-electron chi connectivity index (χ0n) is 13.6. The van der Waals surface area contributed by atoms with Crippen LogP contribution in [0.4, 0.5) is 10.5 Å². The van der Waals surface area contributed by atoms with Gasteiger partial charge >= 0.3 is 6.03 Å². The lowest BCUT2D eigenvalue weighted by Crippen LogP contribution is -2.60. The zero-order chi connectivity index (χ0) is 17.6. The van der Waals surface area contributed by atoms with Crippen LogP contribution in [0.2, 0.25) is 5.02 Å². The quantitative estimate of drug-likeness (QED) is 0.835. The van der Waals surface area contributed by atoms with Gasteiger partial charge in [-0.05, 0) is 31.4 Å². The summed E-state index contributed by atoms with van der Waals surface area (Å²) >= 11 is 6.03. The Labute approximate surface area is 150 Å². The van der Waals surface area contributed by atoms with Gasteiger partial charge in [-0.2, -0.15) is 0 Å². The smallest absolute Gasteiger partial charge is 0.319 e. The number of anilines is 1. The summed E-state index contributed by atoms with van der Waals surface area (Å²) in [6.07, 6.45) is 2.06. The molecule has 3 atom stereocenters. The SMILES string of the molecule is O=C(Nc1ccccc1Cl)N[C@H]1C[C@H]2C(=O)N3CCC[C@@H]3C(=O)N2C1. The summed E-state index contributed by atoms with van der Waals surface area (Å²) in [4.78, 5) is 40.7. The van der Waals surface area contributed by atoms with Crippen molar-refractivity contribution < 1.29 is 14.4 Å². The topological polar surface area (TPSA) is 81.8 Å². The number of piperazine rings is 1. The molecule has 0 aromatic heterocycles. The van der Waals surface area contributed by atoms with Gasteiger partial charge in [-0.1, -0.05) is 23.7 Å². The molecule has 3 saturated heterocycles. The number of nitrogens with zero attached hydrogens (tertiary/aromatic N) is 2. The number of benzene rings is 1. The molecule has 1 aromatic carbocycles. The highest BCUT2D eigenvalue weighted by atomic mass is 35.5. The number of para-hydroxylation sites is 1. The van der Waals surface area contributed by atoms with Gasteiger partial charge in [0.15, 0.2) is 0 Å². The third kappa shape index (κ3) is 2.82. The van der Waals surface area contributed by atoms with Gasteiger partial charge in [-0.3, -0.25) is 9.59 Å². The van der Waals surface area contributed by atoms with Crippen molar-refractivity contribution in [2.24, 2.45) is 0 Å². The number of nitrogens with one attached hydrogen (secondary N) is 2. The van der Waals surface area contributed by atoms with Gasteiger partial charge in [0.2, 0.25) is 11.8 Å². The molecule has 7 nitrogen and oxygen atoms in total. The van der Waals surface area contributed by atoms with Gasteiger partial charge in [0.25, 0.3) is 0 Å². The Morgan fingerprint density at radius 1 is 1.12 bits per heavy atom. The monoisotopic (exact) mass is 362 g/mol. The Kier molecular flexibility index (Phi) is 4.03. The maximum absolute atomic E-state index is 12.6. The van der Waals surface area contributed by atoms with E-state index in [1.165, 1.54) is 0 Å². The number of halogens is 1. The fourth-order valence-electron chi connectivity index (χ4n) is 3.99. The highest BCUT2D eigenvalue weighted by molar-refractivity contribution is 6.33. The third-order valence-electron chi connectivity index (χ3n) is 5.15. The maximum Gasteiger partial charge on any atom is 0.319 e. The van der Waals surface area contributed by atoms with Gasteiger partial charge in [-0.15, -0.1) is 0 Å². The molecule has 4 rings (SSSR count). The number of fused-ring (bicyclic) bond motifs is 2. The van der Waals surface area contributed by atoms with Crippen LogP contribution in [0.5, 0.6) is 0 Å². The number of amides is 4. The van der Waals surface area contributed by atoms with Crippen molar-refractivity contribution in [3.05, 3.63) is 29.3 Å². The van der Waals surface area contributed by atoms with Crippen LogP contribution >= 0.6 is 11.6 Å². The van der Waals surface area contributed by atoms with Crippen LogP contribution in [0, 0.1) is 0 Å². The molecule has 0 bridgehead atoms. The van der Waals surface area contributed by atoms with Crippen molar-refractivity contribution in [1.29, 1.82) is 0 Å². The lowest BCUT2D eigenvalue weighted by molar-refractivity contribution is -0.156. The first kappa shape index (κ1) is 16.2. The van der Waals surface area contributed by atoms with Crippen molar-refractivity contribution >= 4 is 35.1 Å². The van der Waals surface area contributed by atoms with Gasteiger partial charge in [0.05, 0.1) is 16.8 Å². The molecule has 3 heterocycles. The Morgan fingerprint density at radius 2 is 1.88 bits per heavy atom. The number of hydrogen-bond donors (Lipinski definition) is 2. The highest BCUT2D eigenvalue weighted by Crippen LogP contribution is 2.32. The number of rotatable bonds is 2. The molecule has 0 unspecified atom stereocenters. The molecule has 3 aliphatic heterocycles. The van der Waals surface area contributed by atoms with Crippen LogP contribution in [0.15, 0.2) is 24.3 Å². The normalized spacial score (nSPS) is 28.0. The largest absolute Gasteiger partial charge is 0.333 e. The summed E-state index contributed by atoms with van der Waals surface area (Å²) in [5, 5.41) is 6.00. The van der Waals surface area contributed by atoms with Crippen LogP contribution in [0.25, 0.3) is 0 Å². The minimum Gasteiger partial charge on any atom is -0.333 e. The molecule has 4 amide bonds. The first-order chi connectivity index (χ1) is 12.0. The van der Waals surface area contributed by atoms with E-state index in [1.54, 1.807) is 34.1 Å². The van der Waals surface area contributed by atoms with Gasteiger partial charge < -0.3 is 20.4 Å². The van der Waals surface area contributed by atoms with E-state index in [9.17, 15) is 14.4 Å². The minimum atomic E-state index is -0.451. The molecule has 0 radical (unpaired) electrons. The number of carbonyl (C=O) groups is 3. The summed E-state index contributed by atoms with van der Waals surface area (Å²) in [6.45, 7) is 1.03. The second-order valence-corrected chi connectivity index (χ2v) is 7.11. The summed E-state index contributed by atoms with van der Waals surface area (Å²) in [5.41, 5.74) is 0.519. The Hall–Kier alpha value is -2.28. The van der Waals surface area contributed by atoms with Crippen molar-refractivity contribution in [3.63, 3.8) is 0 Å². The second-order valence-electron chi connectivity index (χ2n) is 6.71. The average molecular weight is 363 g/mol. The molecule has 132 valence electrons. The highest BCUT2D eigenvalue weighted by Gasteiger charge is 2.51. The lowest BCUT2D eigenvalue weighted by Gasteiger charge is -2.38. The van der Waals surface area contributed by atoms with Gasteiger partial charge in [0, 0.05) is 13.1 Å². The van der Waals surface area contributed by atoms with Crippen molar-refractivity contribution in [2.45, 2.75) is 37.4 Å². The predicted molar refractivity (Wildman–Crippen MR) is 92.2 cm³/mol. The van der Waals surface area contributed by atoms with Crippen molar-refractivity contribution in [2.75, 3.05) is 18.4 Å². The van der Waals surface area contributed by atoms with Crippen LogP contribution in [-0.4, -0.2) is 58.9 Å². The molecule has 25 heavy (non-hydrogen) atoms. The van der Waals surface area contributed by atoms with E-state index < -0.39 is 12.1 Å². The molecule has 0 aliphatic carbocycles. The summed E-state index contributed by atoms with van der Waals surface area (Å²) in [7, 11) is 0. The van der Waals surface area contributed by atoms with E-state index in [2.05, 4.69) is 10.6 Å². The Balaban J connectivity index is 1.41. The standard InChI is InChI=1S/C17H19ClN4O3/c18-11-4-1-2-5-12(11)20-17(25)19-10-8-14-16(24)21-7-3-6-13(21)15(23)22(14)9-10/h1-2,4-5,10,13-14H,3,6-9H2,(H2,19,20,25)/t10-,13+,14-/m0/s1. The minimum absolute atomic E-state index is 0.0120. The van der Waals surface area contributed by atoms with Crippen LogP contribution in [0.1, 0.15) is 19.3 Å². The first-order valence-electron chi connectivity index (χ1n) is 8.47. The van der Waals surface area contributed by atoms with Crippen LogP contribution in [0.3, 0.4) is 0 Å². The van der Waals surface area contributed by atoms with Crippen molar-refractivity contribution in [1.82, 2.24) is 15.1 Å². The molecule has 3 fully saturated rings.